The maximum Gasteiger partial charge on any atom is 0.271 e. The first-order chi connectivity index (χ1) is 11.8. The van der Waals surface area contributed by atoms with Crippen molar-refractivity contribution in [2.24, 2.45) is 17.2 Å². The van der Waals surface area contributed by atoms with E-state index in [9.17, 15) is 9.90 Å². The van der Waals surface area contributed by atoms with Crippen LogP contribution in [0.25, 0.3) is 10.8 Å². The Balaban J connectivity index is 1.79. The van der Waals surface area contributed by atoms with Gasteiger partial charge in [0, 0.05) is 5.69 Å². The number of nitrogens with one attached hydrogen (secondary N) is 1. The molecule has 1 amide bonds. The van der Waals surface area contributed by atoms with E-state index in [2.05, 4.69) is 5.32 Å². The van der Waals surface area contributed by atoms with Crippen LogP contribution in [0, 0.1) is 0 Å². The lowest BCUT2D eigenvalue weighted by atomic mass is 10.1. The summed E-state index contributed by atoms with van der Waals surface area (Å²) in [6.45, 7) is 0. The molecule has 0 unspecified atom stereocenters. The third-order valence-electron chi connectivity index (χ3n) is 3.52. The van der Waals surface area contributed by atoms with Crippen LogP contribution < -0.4 is 27.3 Å². The zero-order valence-electron chi connectivity index (χ0n) is 13.3. The summed E-state index contributed by atoms with van der Waals surface area (Å²) in [6.07, 6.45) is 0. The Morgan fingerprint density at radius 3 is 2.16 bits per heavy atom. The zero-order valence-corrected chi connectivity index (χ0v) is 13.3. The molecule has 0 aliphatic carbocycles. The number of nitrogens with two attached hydrogens (primary N) is 3. The number of hydrogen-bond acceptors (Lipinski definition) is 6. The molecule has 0 bridgehead atoms. The van der Waals surface area contributed by atoms with E-state index in [-0.39, 0.29) is 11.3 Å². The molecular weight excluding hydrogens is 320 g/mol. The van der Waals surface area contributed by atoms with E-state index in [4.69, 9.17) is 21.9 Å². The molecule has 0 spiro atoms. The highest BCUT2D eigenvalue weighted by atomic mass is 16.5. The minimum Gasteiger partial charge on any atom is -0.507 e. The lowest BCUT2D eigenvalue weighted by molar-refractivity contribution is 0.0901. The average Bonchev–Trinajstić information content (AvgIpc) is 2.54. The van der Waals surface area contributed by atoms with E-state index < -0.39 is 11.9 Å². The van der Waals surface area contributed by atoms with Gasteiger partial charge in [0.2, 0.25) is 0 Å². The Morgan fingerprint density at radius 1 is 0.960 bits per heavy atom. The first-order valence-corrected chi connectivity index (χ1v) is 7.51. The van der Waals surface area contributed by atoms with E-state index in [0.717, 1.165) is 10.8 Å². The molecule has 3 aromatic rings. The van der Waals surface area contributed by atoms with Crippen LogP contribution in [0.3, 0.4) is 0 Å². The van der Waals surface area contributed by atoms with E-state index in [1.165, 1.54) is 0 Å². The van der Waals surface area contributed by atoms with Crippen LogP contribution in [0.4, 0.5) is 5.69 Å². The lowest BCUT2D eigenvalue weighted by Crippen LogP contribution is -2.62. The number of carbonyl (C=O) groups is 1. The first kappa shape index (κ1) is 16.7. The largest absolute Gasteiger partial charge is 0.507 e. The fourth-order valence-electron chi connectivity index (χ4n) is 2.42. The van der Waals surface area contributed by atoms with E-state index in [1.54, 1.807) is 36.4 Å². The third kappa shape index (κ3) is 4.04. The molecule has 0 aliphatic rings. The smallest absolute Gasteiger partial charge is 0.271 e. The molecule has 3 rings (SSSR count). The summed E-state index contributed by atoms with van der Waals surface area (Å²) in [5, 5.41) is 14.5. The van der Waals surface area contributed by atoms with Crippen molar-refractivity contribution in [2.75, 3.05) is 5.32 Å². The zero-order chi connectivity index (χ0) is 18.0. The number of rotatable bonds is 4. The highest BCUT2D eigenvalue weighted by molar-refractivity contribution is 6.08. The van der Waals surface area contributed by atoms with Gasteiger partial charge in [-0.15, -0.1) is 0 Å². The normalized spacial score (nSPS) is 11.3. The Hall–Kier alpha value is -3.13. The van der Waals surface area contributed by atoms with Crippen LogP contribution in [0.5, 0.6) is 11.5 Å². The van der Waals surface area contributed by atoms with Gasteiger partial charge in [0.15, 0.2) is 0 Å². The molecule has 0 aromatic heterocycles. The summed E-state index contributed by atoms with van der Waals surface area (Å²) >= 11 is 0. The summed E-state index contributed by atoms with van der Waals surface area (Å²) < 4.78 is 5.09. The molecule has 25 heavy (non-hydrogen) atoms. The predicted octanol–water partition coefficient (Wildman–Crippen LogP) is 1.66. The molecule has 128 valence electrons. The number of amides is 1. The fourth-order valence-corrected chi connectivity index (χ4v) is 2.42. The number of benzene rings is 3. The van der Waals surface area contributed by atoms with Crippen LogP contribution in [-0.4, -0.2) is 17.0 Å². The molecule has 0 atom stereocenters. The van der Waals surface area contributed by atoms with Crippen LogP contribution in [0.2, 0.25) is 0 Å². The minimum absolute atomic E-state index is 0.0877. The fraction of sp³-hybridized carbons (Fsp3) is 0.0556. The number of phenols is 1. The maximum atomic E-state index is 12.4. The molecule has 0 fully saturated rings. The van der Waals surface area contributed by atoms with Gasteiger partial charge in [-0.25, -0.2) is 0 Å². The van der Waals surface area contributed by atoms with Gasteiger partial charge in [-0.2, -0.15) is 0 Å². The molecule has 0 saturated heterocycles. The summed E-state index contributed by atoms with van der Waals surface area (Å²) in [6, 6.07) is 17.0. The van der Waals surface area contributed by atoms with Crippen LogP contribution in [0.1, 0.15) is 10.4 Å². The second-order valence-corrected chi connectivity index (χ2v) is 5.65. The van der Waals surface area contributed by atoms with Crippen molar-refractivity contribution in [1.82, 2.24) is 0 Å². The van der Waals surface area contributed by atoms with Crippen molar-refractivity contribution in [3.8, 4) is 11.5 Å². The predicted molar refractivity (Wildman–Crippen MR) is 95.9 cm³/mol. The summed E-state index contributed by atoms with van der Waals surface area (Å²) in [5.74, 6) is -1.93. The molecule has 3 aromatic carbocycles. The number of hydrogen-bond donors (Lipinski definition) is 5. The standard InChI is InChI=1S/C18H18N4O3/c19-18(20,21)25-14-7-5-13(6-8-14)22-17(24)15-9-11-3-1-2-4-12(11)10-16(15)23/h1-10,23H,19-21H2,(H,22,24). The number of ether oxygens (including phenoxy) is 1. The Kier molecular flexibility index (Phi) is 4.28. The second-order valence-electron chi connectivity index (χ2n) is 5.65. The summed E-state index contributed by atoms with van der Waals surface area (Å²) in [4.78, 5) is 12.4. The molecule has 7 heteroatoms. The van der Waals surface area contributed by atoms with Crippen molar-refractivity contribution >= 4 is 22.4 Å². The molecule has 0 radical (unpaired) electrons. The van der Waals surface area contributed by atoms with E-state index >= 15 is 0 Å². The van der Waals surface area contributed by atoms with Crippen LogP contribution in [0.15, 0.2) is 60.7 Å². The van der Waals surface area contributed by atoms with Gasteiger partial charge < -0.3 is 15.2 Å². The first-order valence-electron chi connectivity index (χ1n) is 7.51. The minimum atomic E-state index is -1.78. The highest BCUT2D eigenvalue weighted by Gasteiger charge is 2.15. The van der Waals surface area contributed by atoms with E-state index in [1.807, 2.05) is 24.3 Å². The van der Waals surface area contributed by atoms with Gasteiger partial charge in [0.25, 0.3) is 11.9 Å². The van der Waals surface area contributed by atoms with Gasteiger partial charge >= 0.3 is 0 Å². The van der Waals surface area contributed by atoms with E-state index in [0.29, 0.717) is 11.4 Å². The number of carbonyl (C=O) groups excluding carboxylic acids is 1. The second kappa shape index (κ2) is 6.40. The summed E-state index contributed by atoms with van der Waals surface area (Å²) in [7, 11) is 0. The Labute approximate surface area is 144 Å². The topological polar surface area (TPSA) is 137 Å². The van der Waals surface area contributed by atoms with Gasteiger partial charge in [0.1, 0.15) is 11.5 Å². The van der Waals surface area contributed by atoms with Crippen LogP contribution in [-0.2, 0) is 0 Å². The van der Waals surface area contributed by atoms with Crippen molar-refractivity contribution in [1.29, 1.82) is 0 Å². The molecule has 8 N–H and O–H groups in total. The molecule has 0 aliphatic heterocycles. The van der Waals surface area contributed by atoms with Crippen molar-refractivity contribution in [2.45, 2.75) is 5.97 Å². The lowest BCUT2D eigenvalue weighted by Gasteiger charge is -2.20. The van der Waals surface area contributed by atoms with Gasteiger partial charge in [-0.1, -0.05) is 24.3 Å². The Bertz CT molecular complexity index is 918. The van der Waals surface area contributed by atoms with Crippen LogP contribution >= 0.6 is 0 Å². The van der Waals surface area contributed by atoms with Gasteiger partial charge in [-0.3, -0.25) is 22.0 Å². The quantitative estimate of drug-likeness (QED) is 0.459. The van der Waals surface area contributed by atoms with Gasteiger partial charge in [-0.05, 0) is 47.2 Å². The summed E-state index contributed by atoms with van der Waals surface area (Å²) in [5.41, 5.74) is 16.8. The third-order valence-corrected chi connectivity index (χ3v) is 3.52. The van der Waals surface area contributed by atoms with Crippen molar-refractivity contribution in [3.05, 3.63) is 66.2 Å². The monoisotopic (exact) mass is 338 g/mol. The number of phenolic OH excluding ortho intramolecular Hbond substituents is 1. The molecule has 7 nitrogen and oxygen atoms in total. The van der Waals surface area contributed by atoms with Crippen molar-refractivity contribution < 1.29 is 14.6 Å². The maximum absolute atomic E-state index is 12.4. The molecular formula is C18H18N4O3. The molecule has 0 saturated carbocycles. The number of aromatic hydroxyl groups is 1. The number of fused-ring (bicyclic) bond motifs is 1. The molecule has 0 heterocycles. The number of anilines is 1. The van der Waals surface area contributed by atoms with Gasteiger partial charge in [0.05, 0.1) is 5.56 Å². The SMILES string of the molecule is NC(N)(N)Oc1ccc(NC(=O)c2cc3ccccc3cc2O)cc1. The van der Waals surface area contributed by atoms with Crippen molar-refractivity contribution in [3.63, 3.8) is 0 Å². The highest BCUT2D eigenvalue weighted by Crippen LogP contribution is 2.26. The average molecular weight is 338 g/mol. The Morgan fingerprint density at radius 2 is 1.56 bits per heavy atom.